The average molecular weight is 278 g/mol. The number of hydrogen-bond acceptors (Lipinski definition) is 3. The second-order valence-corrected chi connectivity index (χ2v) is 4.53. The molecule has 0 radical (unpaired) electrons. The molecule has 1 saturated heterocycles. The van der Waals surface area contributed by atoms with Crippen molar-refractivity contribution >= 4 is 5.69 Å². The molecule has 1 fully saturated rings. The van der Waals surface area contributed by atoms with E-state index in [4.69, 9.17) is 4.74 Å². The molecular formula is C12H14F4N2O. The number of ether oxygens (including phenoxy) is 1. The quantitative estimate of drug-likeness (QED) is 0.614. The summed E-state index contributed by atoms with van der Waals surface area (Å²) in [4.78, 5) is 3.87. The van der Waals surface area contributed by atoms with Gasteiger partial charge in [-0.05, 0) is 13.3 Å². The van der Waals surface area contributed by atoms with Gasteiger partial charge in [-0.3, -0.25) is 0 Å². The fourth-order valence-electron chi connectivity index (χ4n) is 2.18. The molecule has 1 aromatic rings. The zero-order valence-electron chi connectivity index (χ0n) is 10.6. The van der Waals surface area contributed by atoms with Crippen LogP contribution in [-0.2, 0) is 4.74 Å². The van der Waals surface area contributed by atoms with Crippen LogP contribution >= 0.6 is 0 Å². The number of pyridine rings is 1. The summed E-state index contributed by atoms with van der Waals surface area (Å²) < 4.78 is 59.2. The van der Waals surface area contributed by atoms with Crippen LogP contribution in [0.15, 0.2) is 0 Å². The zero-order valence-corrected chi connectivity index (χ0v) is 10.6. The third kappa shape index (κ3) is 2.51. The fourth-order valence-corrected chi connectivity index (χ4v) is 2.18. The van der Waals surface area contributed by atoms with Crippen LogP contribution in [-0.4, -0.2) is 30.3 Å². The standard InChI is InChI=1S/C12H14F4N2O/c1-3-7-5-19-6(2)4-18(7)10-8(13)11(15)17-12(16)9(10)14/h6-7H,3-5H2,1-2H3. The molecule has 0 N–H and O–H groups in total. The SMILES string of the molecule is CCC1COC(C)CN1c1c(F)c(F)nc(F)c1F. The first-order chi connectivity index (χ1) is 8.95. The van der Waals surface area contributed by atoms with E-state index in [1.807, 2.05) is 0 Å². The Balaban J connectivity index is 2.49. The first kappa shape index (κ1) is 14.0. The van der Waals surface area contributed by atoms with Crippen molar-refractivity contribution in [2.45, 2.75) is 32.4 Å². The van der Waals surface area contributed by atoms with Gasteiger partial charge in [0.2, 0.25) is 11.6 Å². The monoisotopic (exact) mass is 278 g/mol. The number of halogens is 4. The molecule has 0 aromatic carbocycles. The van der Waals surface area contributed by atoms with Crippen LogP contribution in [0, 0.1) is 23.5 Å². The molecule has 2 rings (SSSR count). The van der Waals surface area contributed by atoms with Gasteiger partial charge in [0.25, 0.3) is 11.9 Å². The predicted octanol–water partition coefficient (Wildman–Crippen LogP) is 2.64. The van der Waals surface area contributed by atoms with Crippen LogP contribution in [0.3, 0.4) is 0 Å². The molecule has 1 aliphatic heterocycles. The lowest BCUT2D eigenvalue weighted by Crippen LogP contribution is -2.49. The van der Waals surface area contributed by atoms with Crippen LogP contribution in [0.2, 0.25) is 0 Å². The summed E-state index contributed by atoms with van der Waals surface area (Å²) in [5, 5.41) is 0. The molecule has 0 bridgehead atoms. The van der Waals surface area contributed by atoms with Gasteiger partial charge in [0.15, 0.2) is 0 Å². The maximum atomic E-state index is 13.7. The summed E-state index contributed by atoms with van der Waals surface area (Å²) in [6.45, 7) is 3.95. The van der Waals surface area contributed by atoms with E-state index < -0.39 is 29.2 Å². The van der Waals surface area contributed by atoms with Gasteiger partial charge >= 0.3 is 0 Å². The molecule has 1 aromatic heterocycles. The van der Waals surface area contributed by atoms with Gasteiger partial charge in [0.05, 0.1) is 18.8 Å². The van der Waals surface area contributed by atoms with Crippen molar-refractivity contribution in [1.29, 1.82) is 0 Å². The van der Waals surface area contributed by atoms with Gasteiger partial charge in [-0.2, -0.15) is 22.5 Å². The largest absolute Gasteiger partial charge is 0.375 e. The summed E-state index contributed by atoms with van der Waals surface area (Å²) >= 11 is 0. The Labute approximate surface area is 108 Å². The van der Waals surface area contributed by atoms with E-state index in [1.54, 1.807) is 13.8 Å². The van der Waals surface area contributed by atoms with Crippen molar-refractivity contribution in [3.63, 3.8) is 0 Å². The van der Waals surface area contributed by atoms with E-state index in [2.05, 4.69) is 4.98 Å². The third-order valence-corrected chi connectivity index (χ3v) is 3.20. The summed E-state index contributed by atoms with van der Waals surface area (Å²) in [5.41, 5.74) is -0.702. The lowest BCUT2D eigenvalue weighted by Gasteiger charge is -2.40. The summed E-state index contributed by atoms with van der Waals surface area (Å²) in [5.74, 6) is -6.20. The maximum Gasteiger partial charge on any atom is 0.253 e. The minimum atomic E-state index is -1.64. The van der Waals surface area contributed by atoms with E-state index in [-0.39, 0.29) is 25.3 Å². The Morgan fingerprint density at radius 2 is 1.79 bits per heavy atom. The topological polar surface area (TPSA) is 25.4 Å². The molecule has 2 atom stereocenters. The Hall–Kier alpha value is -1.37. The van der Waals surface area contributed by atoms with Gasteiger partial charge < -0.3 is 9.64 Å². The second kappa shape index (κ2) is 5.32. The highest BCUT2D eigenvalue weighted by molar-refractivity contribution is 5.50. The number of hydrogen-bond donors (Lipinski definition) is 0. The Kier molecular flexibility index (Phi) is 3.93. The number of anilines is 1. The first-order valence-electron chi connectivity index (χ1n) is 6.03. The average Bonchev–Trinajstić information content (AvgIpc) is 2.37. The third-order valence-electron chi connectivity index (χ3n) is 3.20. The molecule has 106 valence electrons. The molecule has 19 heavy (non-hydrogen) atoms. The Morgan fingerprint density at radius 3 is 2.32 bits per heavy atom. The van der Waals surface area contributed by atoms with Gasteiger partial charge in [-0.25, -0.2) is 0 Å². The summed E-state index contributed by atoms with van der Waals surface area (Å²) in [6.07, 6.45) is 0.262. The van der Waals surface area contributed by atoms with Crippen LogP contribution in [0.25, 0.3) is 0 Å². The number of rotatable bonds is 2. The van der Waals surface area contributed by atoms with Gasteiger partial charge in [0, 0.05) is 6.54 Å². The highest BCUT2D eigenvalue weighted by Crippen LogP contribution is 2.30. The van der Waals surface area contributed by atoms with Crippen molar-refractivity contribution in [3.8, 4) is 0 Å². The number of morpholine rings is 1. The molecule has 0 spiro atoms. The predicted molar refractivity (Wildman–Crippen MR) is 60.9 cm³/mol. The van der Waals surface area contributed by atoms with Crippen LogP contribution in [0.4, 0.5) is 23.2 Å². The van der Waals surface area contributed by atoms with Crippen LogP contribution in [0.5, 0.6) is 0 Å². The second-order valence-electron chi connectivity index (χ2n) is 4.53. The molecule has 1 aliphatic rings. The molecule has 7 heteroatoms. The molecule has 3 nitrogen and oxygen atoms in total. The molecule has 0 amide bonds. The lowest BCUT2D eigenvalue weighted by atomic mass is 10.1. The van der Waals surface area contributed by atoms with Gasteiger partial charge in [0.1, 0.15) is 5.69 Å². The van der Waals surface area contributed by atoms with Crippen molar-refractivity contribution in [2.75, 3.05) is 18.1 Å². The van der Waals surface area contributed by atoms with E-state index in [1.165, 1.54) is 4.90 Å². The normalized spacial score (nSPS) is 23.8. The molecular weight excluding hydrogens is 264 g/mol. The van der Waals surface area contributed by atoms with Crippen molar-refractivity contribution in [3.05, 3.63) is 23.5 Å². The number of aromatic nitrogens is 1. The Morgan fingerprint density at radius 1 is 1.21 bits per heavy atom. The number of nitrogens with zero attached hydrogens (tertiary/aromatic N) is 2. The van der Waals surface area contributed by atoms with E-state index in [0.717, 1.165) is 0 Å². The van der Waals surface area contributed by atoms with E-state index in [0.29, 0.717) is 6.42 Å². The minimum Gasteiger partial charge on any atom is -0.375 e. The molecule has 2 unspecified atom stereocenters. The Bertz CT molecular complexity index is 457. The minimum absolute atomic E-state index is 0.162. The van der Waals surface area contributed by atoms with Crippen molar-refractivity contribution < 1.29 is 22.3 Å². The van der Waals surface area contributed by atoms with Crippen LogP contribution < -0.4 is 4.90 Å². The van der Waals surface area contributed by atoms with Crippen LogP contribution in [0.1, 0.15) is 20.3 Å². The highest BCUT2D eigenvalue weighted by atomic mass is 19.2. The first-order valence-corrected chi connectivity index (χ1v) is 6.03. The molecule has 0 aliphatic carbocycles. The summed E-state index contributed by atoms with van der Waals surface area (Å²) in [6, 6.07) is -0.332. The maximum absolute atomic E-state index is 13.7. The fraction of sp³-hybridized carbons (Fsp3) is 0.583. The van der Waals surface area contributed by atoms with E-state index in [9.17, 15) is 17.6 Å². The summed E-state index contributed by atoms with van der Waals surface area (Å²) in [7, 11) is 0. The smallest absolute Gasteiger partial charge is 0.253 e. The molecule has 0 saturated carbocycles. The molecule has 2 heterocycles. The highest BCUT2D eigenvalue weighted by Gasteiger charge is 2.33. The lowest BCUT2D eigenvalue weighted by molar-refractivity contribution is 0.0292. The van der Waals surface area contributed by atoms with Gasteiger partial charge in [-0.15, -0.1) is 0 Å². The van der Waals surface area contributed by atoms with Crippen molar-refractivity contribution in [2.24, 2.45) is 0 Å². The van der Waals surface area contributed by atoms with Gasteiger partial charge in [-0.1, -0.05) is 6.92 Å². The zero-order chi connectivity index (χ0) is 14.2. The van der Waals surface area contributed by atoms with E-state index >= 15 is 0 Å². The van der Waals surface area contributed by atoms with Crippen molar-refractivity contribution in [1.82, 2.24) is 4.98 Å².